The lowest BCUT2D eigenvalue weighted by molar-refractivity contribution is -0.384. The van der Waals surface area contributed by atoms with Crippen molar-refractivity contribution in [3.63, 3.8) is 0 Å². The molecule has 1 heterocycles. The molecule has 0 aliphatic carbocycles. The first-order valence-corrected chi connectivity index (χ1v) is 8.71. The fraction of sp³-hybridized carbons (Fsp3) is 0.238. The van der Waals surface area contributed by atoms with E-state index in [2.05, 4.69) is 0 Å². The van der Waals surface area contributed by atoms with Gasteiger partial charge in [0.15, 0.2) is 12.4 Å². The number of ether oxygens (including phenoxy) is 1. The SMILES string of the molecule is CN1C(=CC(=O)COC(=O)c2cccc([N+](=O)[O-])c2)C(C)(C)c2ccccc21. The molecule has 144 valence electrons. The lowest BCUT2D eigenvalue weighted by Crippen LogP contribution is -2.25. The van der Waals surface area contributed by atoms with Gasteiger partial charge in [-0.1, -0.05) is 38.1 Å². The van der Waals surface area contributed by atoms with Crippen LogP contribution in [0.4, 0.5) is 11.4 Å². The molecule has 0 atom stereocenters. The molecule has 28 heavy (non-hydrogen) atoms. The van der Waals surface area contributed by atoms with Gasteiger partial charge in [0.1, 0.15) is 0 Å². The number of anilines is 1. The van der Waals surface area contributed by atoms with Crippen molar-refractivity contribution < 1.29 is 19.2 Å². The molecule has 0 saturated carbocycles. The Labute approximate surface area is 162 Å². The summed E-state index contributed by atoms with van der Waals surface area (Å²) in [6, 6.07) is 13.1. The van der Waals surface area contributed by atoms with E-state index in [1.807, 2.05) is 50.1 Å². The van der Waals surface area contributed by atoms with Gasteiger partial charge in [0.2, 0.25) is 0 Å². The van der Waals surface area contributed by atoms with Crippen molar-refractivity contribution >= 4 is 23.1 Å². The molecular formula is C21H20N2O5. The summed E-state index contributed by atoms with van der Waals surface area (Å²) in [5, 5.41) is 10.8. The molecule has 0 N–H and O–H groups in total. The molecule has 7 nitrogen and oxygen atoms in total. The van der Waals surface area contributed by atoms with Crippen molar-refractivity contribution in [3.8, 4) is 0 Å². The quantitative estimate of drug-likeness (QED) is 0.341. The number of carbonyl (C=O) groups excluding carboxylic acids is 2. The average Bonchev–Trinajstić information content (AvgIpc) is 2.87. The summed E-state index contributed by atoms with van der Waals surface area (Å²) >= 11 is 0. The van der Waals surface area contributed by atoms with Crippen LogP contribution in [0.5, 0.6) is 0 Å². The summed E-state index contributed by atoms with van der Waals surface area (Å²) in [6.45, 7) is 3.62. The van der Waals surface area contributed by atoms with Crippen LogP contribution >= 0.6 is 0 Å². The number of fused-ring (bicyclic) bond motifs is 1. The molecule has 0 fully saturated rings. The average molecular weight is 380 g/mol. The second-order valence-corrected chi connectivity index (χ2v) is 7.08. The van der Waals surface area contributed by atoms with Gasteiger partial charge in [-0.2, -0.15) is 0 Å². The van der Waals surface area contributed by atoms with Crippen molar-refractivity contribution in [2.45, 2.75) is 19.3 Å². The molecule has 0 aromatic heterocycles. The normalized spacial score (nSPS) is 16.0. The molecular weight excluding hydrogens is 360 g/mol. The third-order valence-corrected chi connectivity index (χ3v) is 4.88. The maximum absolute atomic E-state index is 12.4. The summed E-state index contributed by atoms with van der Waals surface area (Å²) in [4.78, 5) is 36.7. The smallest absolute Gasteiger partial charge is 0.338 e. The molecule has 2 aromatic carbocycles. The molecule has 0 spiro atoms. The van der Waals surface area contributed by atoms with Gasteiger partial charge in [-0.3, -0.25) is 14.9 Å². The highest BCUT2D eigenvalue weighted by molar-refractivity contribution is 5.96. The number of likely N-dealkylation sites (N-methyl/N-ethyl adjacent to an activating group) is 1. The van der Waals surface area contributed by atoms with Crippen molar-refractivity contribution in [1.82, 2.24) is 0 Å². The van der Waals surface area contributed by atoms with Crippen LogP contribution in [0.25, 0.3) is 0 Å². The second-order valence-electron chi connectivity index (χ2n) is 7.08. The molecule has 0 amide bonds. The van der Waals surface area contributed by atoms with Gasteiger partial charge in [-0.25, -0.2) is 4.79 Å². The number of carbonyl (C=O) groups is 2. The zero-order valence-corrected chi connectivity index (χ0v) is 15.8. The number of allylic oxidation sites excluding steroid dienone is 1. The number of hydrogen-bond donors (Lipinski definition) is 0. The standard InChI is InChI=1S/C21H20N2O5/c1-21(2)17-9-4-5-10-18(17)22(3)19(21)12-16(24)13-28-20(25)14-7-6-8-15(11-14)23(26)27/h4-12H,13H2,1-3H3. The monoisotopic (exact) mass is 380 g/mol. The van der Waals surface area contributed by atoms with E-state index in [0.29, 0.717) is 0 Å². The largest absolute Gasteiger partial charge is 0.454 e. The third kappa shape index (κ3) is 3.51. The van der Waals surface area contributed by atoms with Crippen LogP contribution in [0.15, 0.2) is 60.3 Å². The predicted octanol–water partition coefficient (Wildman–Crippen LogP) is 3.63. The van der Waals surface area contributed by atoms with Crippen LogP contribution in [0.2, 0.25) is 0 Å². The number of benzene rings is 2. The maximum Gasteiger partial charge on any atom is 0.338 e. The molecule has 0 unspecified atom stereocenters. The first kappa shape index (κ1) is 19.3. The minimum Gasteiger partial charge on any atom is -0.454 e. The second kappa shape index (κ2) is 7.26. The fourth-order valence-corrected chi connectivity index (χ4v) is 3.42. The summed E-state index contributed by atoms with van der Waals surface area (Å²) < 4.78 is 5.04. The Morgan fingerprint density at radius 3 is 2.57 bits per heavy atom. The summed E-state index contributed by atoms with van der Waals surface area (Å²) in [5.74, 6) is -1.14. The van der Waals surface area contributed by atoms with Gasteiger partial charge in [-0.15, -0.1) is 0 Å². The van der Waals surface area contributed by atoms with E-state index in [-0.39, 0.29) is 22.4 Å². The lowest BCUT2D eigenvalue weighted by Gasteiger charge is -2.23. The third-order valence-electron chi connectivity index (χ3n) is 4.88. The number of nitro benzene ring substituents is 1. The number of nitrogens with zero attached hydrogens (tertiary/aromatic N) is 2. The van der Waals surface area contributed by atoms with E-state index in [4.69, 9.17) is 4.74 Å². The summed E-state index contributed by atoms with van der Waals surface area (Å²) in [7, 11) is 1.89. The van der Waals surface area contributed by atoms with Crippen LogP contribution in [0.3, 0.4) is 0 Å². The number of non-ortho nitro benzene ring substituents is 1. The van der Waals surface area contributed by atoms with Crippen LogP contribution < -0.4 is 4.90 Å². The molecule has 0 saturated heterocycles. The number of hydrogen-bond acceptors (Lipinski definition) is 6. The van der Waals surface area contributed by atoms with Gasteiger partial charge < -0.3 is 9.64 Å². The Hall–Kier alpha value is -3.48. The summed E-state index contributed by atoms with van der Waals surface area (Å²) in [5.41, 5.74) is 2.41. The highest BCUT2D eigenvalue weighted by Crippen LogP contribution is 2.46. The maximum atomic E-state index is 12.4. The molecule has 1 aliphatic rings. The van der Waals surface area contributed by atoms with Crippen molar-refractivity contribution in [3.05, 3.63) is 81.5 Å². The van der Waals surface area contributed by atoms with Crippen LogP contribution in [-0.4, -0.2) is 30.3 Å². The van der Waals surface area contributed by atoms with Gasteiger partial charge in [0.25, 0.3) is 5.69 Å². The van der Waals surface area contributed by atoms with Crippen LogP contribution in [0, 0.1) is 10.1 Å². The van der Waals surface area contributed by atoms with Crippen LogP contribution in [0.1, 0.15) is 29.8 Å². The van der Waals surface area contributed by atoms with Gasteiger partial charge in [0.05, 0.1) is 10.5 Å². The highest BCUT2D eigenvalue weighted by Gasteiger charge is 2.38. The fourth-order valence-electron chi connectivity index (χ4n) is 3.42. The van der Waals surface area contributed by atoms with Gasteiger partial charge >= 0.3 is 5.97 Å². The zero-order valence-electron chi connectivity index (χ0n) is 15.8. The number of para-hydroxylation sites is 1. The molecule has 0 bridgehead atoms. The Morgan fingerprint density at radius 2 is 1.89 bits per heavy atom. The van der Waals surface area contributed by atoms with Crippen molar-refractivity contribution in [2.75, 3.05) is 18.6 Å². The molecule has 7 heteroatoms. The summed E-state index contributed by atoms with van der Waals surface area (Å²) in [6.07, 6.45) is 1.49. The van der Waals surface area contributed by atoms with E-state index in [9.17, 15) is 19.7 Å². The minimum absolute atomic E-state index is 0.0281. The Morgan fingerprint density at radius 1 is 1.18 bits per heavy atom. The first-order chi connectivity index (χ1) is 13.2. The van der Waals surface area contributed by atoms with Crippen molar-refractivity contribution in [1.29, 1.82) is 0 Å². The minimum atomic E-state index is -0.780. The number of nitro groups is 1. The van der Waals surface area contributed by atoms with E-state index in [1.165, 1.54) is 24.3 Å². The van der Waals surface area contributed by atoms with E-state index in [1.54, 1.807) is 0 Å². The van der Waals surface area contributed by atoms with Gasteiger partial charge in [0, 0.05) is 42.1 Å². The highest BCUT2D eigenvalue weighted by atomic mass is 16.6. The Bertz CT molecular complexity index is 994. The first-order valence-electron chi connectivity index (χ1n) is 8.71. The molecule has 0 radical (unpaired) electrons. The Balaban J connectivity index is 1.72. The van der Waals surface area contributed by atoms with Crippen LogP contribution in [-0.2, 0) is 14.9 Å². The Kier molecular flexibility index (Phi) is 5.00. The predicted molar refractivity (Wildman–Crippen MR) is 104 cm³/mol. The molecule has 2 aromatic rings. The van der Waals surface area contributed by atoms with Gasteiger partial charge in [-0.05, 0) is 17.7 Å². The van der Waals surface area contributed by atoms with Crippen molar-refractivity contribution in [2.24, 2.45) is 0 Å². The number of rotatable bonds is 5. The zero-order chi connectivity index (χ0) is 20.5. The van der Waals surface area contributed by atoms with E-state index < -0.39 is 17.5 Å². The van der Waals surface area contributed by atoms with E-state index >= 15 is 0 Å². The number of ketones is 1. The number of esters is 1. The molecule has 3 rings (SSSR count). The lowest BCUT2D eigenvalue weighted by atomic mass is 9.83. The molecule has 1 aliphatic heterocycles. The topological polar surface area (TPSA) is 89.8 Å². The van der Waals surface area contributed by atoms with E-state index in [0.717, 1.165) is 23.0 Å².